The van der Waals surface area contributed by atoms with E-state index in [9.17, 15) is 35.4 Å². The molecular weight excluding hydrogens is 588 g/mol. The molecule has 0 aromatic carbocycles. The van der Waals surface area contributed by atoms with Crippen molar-refractivity contribution in [1.82, 2.24) is 0 Å². The van der Waals surface area contributed by atoms with E-state index in [1.165, 1.54) is 11.1 Å². The molecule has 0 bridgehead atoms. The van der Waals surface area contributed by atoms with Crippen LogP contribution in [-0.4, -0.2) is 86.1 Å². The van der Waals surface area contributed by atoms with E-state index in [2.05, 4.69) is 55.0 Å². The summed E-state index contributed by atoms with van der Waals surface area (Å²) < 4.78 is 11.4. The van der Waals surface area contributed by atoms with Gasteiger partial charge in [-0.3, -0.25) is 4.79 Å². The minimum absolute atomic E-state index is 0.0467. The first-order chi connectivity index (χ1) is 21.4. The van der Waals surface area contributed by atoms with E-state index in [-0.39, 0.29) is 28.8 Å². The molecule has 0 aromatic rings. The number of hydrogen-bond acceptors (Lipinski definition) is 9. The van der Waals surface area contributed by atoms with Crippen molar-refractivity contribution in [3.63, 3.8) is 0 Å². The monoisotopic (exact) mass is 648 g/mol. The van der Waals surface area contributed by atoms with Crippen molar-refractivity contribution >= 4 is 5.97 Å². The molecule has 0 aromatic heterocycles. The highest BCUT2D eigenvalue weighted by Gasteiger charge is 2.67. The number of carbonyl (C=O) groups is 1. The Hall–Kier alpha value is -1.33. The number of carbonyl (C=O) groups excluding carboxylic acids is 1. The van der Waals surface area contributed by atoms with E-state index < -0.39 is 66.1 Å². The fraction of sp³-hybridized carbons (Fsp3) is 0.865. The van der Waals surface area contributed by atoms with Gasteiger partial charge in [-0.2, -0.15) is 0 Å². The first kappa shape index (κ1) is 36.0. The molecule has 13 atom stereocenters. The fourth-order valence-electron chi connectivity index (χ4n) is 10.8. The summed E-state index contributed by atoms with van der Waals surface area (Å²) in [5.41, 5.74) is 2.61. The summed E-state index contributed by atoms with van der Waals surface area (Å²) in [5, 5.41) is 64.0. The Kier molecular flexibility index (Phi) is 9.79. The third-order valence-corrected chi connectivity index (χ3v) is 14.3. The van der Waals surface area contributed by atoms with E-state index in [0.29, 0.717) is 25.2 Å². The highest BCUT2D eigenvalue weighted by atomic mass is 16.7. The minimum atomic E-state index is -1.68. The second kappa shape index (κ2) is 12.5. The Morgan fingerprint density at radius 1 is 0.935 bits per heavy atom. The van der Waals surface area contributed by atoms with Crippen molar-refractivity contribution in [2.75, 3.05) is 6.61 Å². The number of hydrogen-bond donors (Lipinski definition) is 6. The number of aliphatic hydroxyl groups is 6. The number of allylic oxidation sites excluding steroid dienone is 2. The van der Waals surface area contributed by atoms with Crippen LogP contribution in [-0.2, 0) is 14.3 Å². The van der Waals surface area contributed by atoms with Crippen molar-refractivity contribution in [2.24, 2.45) is 45.3 Å². The van der Waals surface area contributed by atoms with Crippen molar-refractivity contribution in [3.8, 4) is 0 Å². The molecule has 5 rings (SSSR count). The van der Waals surface area contributed by atoms with Crippen LogP contribution in [0.3, 0.4) is 0 Å². The van der Waals surface area contributed by atoms with Gasteiger partial charge in [0.2, 0.25) is 6.29 Å². The Labute approximate surface area is 275 Å². The predicted molar refractivity (Wildman–Crippen MR) is 173 cm³/mol. The number of rotatable bonds is 8. The Balaban J connectivity index is 1.49. The maximum atomic E-state index is 14.2. The third-order valence-electron chi connectivity index (χ3n) is 14.3. The van der Waals surface area contributed by atoms with Gasteiger partial charge in [0.1, 0.15) is 24.4 Å². The molecule has 9 heteroatoms. The molecule has 5 aliphatic rings. The Morgan fingerprint density at radius 3 is 2.24 bits per heavy atom. The number of esters is 1. The van der Waals surface area contributed by atoms with Crippen LogP contribution in [0.2, 0.25) is 0 Å². The normalized spacial score (nSPS) is 45.9. The maximum absolute atomic E-state index is 14.2. The van der Waals surface area contributed by atoms with Gasteiger partial charge in [0.05, 0.1) is 24.7 Å². The van der Waals surface area contributed by atoms with Gasteiger partial charge in [0.25, 0.3) is 0 Å². The van der Waals surface area contributed by atoms with Crippen LogP contribution in [0.5, 0.6) is 0 Å². The average Bonchev–Trinajstić information content (AvgIpc) is 3.20. The lowest BCUT2D eigenvalue weighted by Gasteiger charge is -2.62. The highest BCUT2D eigenvalue weighted by Crippen LogP contribution is 2.72. The first-order valence-electron chi connectivity index (χ1n) is 17.6. The molecular formula is C37H60O9. The van der Waals surface area contributed by atoms with Gasteiger partial charge < -0.3 is 40.1 Å². The van der Waals surface area contributed by atoms with Crippen LogP contribution in [0.4, 0.5) is 0 Å². The smallest absolute Gasteiger partial charge is 0.311 e. The van der Waals surface area contributed by atoms with Gasteiger partial charge in [0, 0.05) is 5.41 Å². The lowest BCUT2D eigenvalue weighted by molar-refractivity contribution is -0.294. The van der Waals surface area contributed by atoms with Crippen molar-refractivity contribution in [1.29, 1.82) is 0 Å². The van der Waals surface area contributed by atoms with Gasteiger partial charge in [-0.05, 0) is 91.8 Å². The summed E-state index contributed by atoms with van der Waals surface area (Å²) in [4.78, 5) is 14.2. The van der Waals surface area contributed by atoms with Crippen molar-refractivity contribution in [2.45, 2.75) is 149 Å². The van der Waals surface area contributed by atoms with Crippen LogP contribution in [0.1, 0.15) is 106 Å². The molecule has 1 aliphatic heterocycles. The molecule has 0 radical (unpaired) electrons. The van der Waals surface area contributed by atoms with Gasteiger partial charge in [-0.25, -0.2) is 0 Å². The molecule has 6 N–H and O–H groups in total. The summed E-state index contributed by atoms with van der Waals surface area (Å²) >= 11 is 0. The molecule has 3 fully saturated rings. The average molecular weight is 649 g/mol. The molecule has 2 saturated carbocycles. The van der Waals surface area contributed by atoms with Crippen LogP contribution in [0.15, 0.2) is 23.3 Å². The quantitative estimate of drug-likeness (QED) is 0.169. The Bertz CT molecular complexity index is 1210. The molecule has 0 amide bonds. The molecule has 9 nitrogen and oxygen atoms in total. The van der Waals surface area contributed by atoms with Crippen LogP contribution >= 0.6 is 0 Å². The van der Waals surface area contributed by atoms with E-state index in [1.807, 2.05) is 0 Å². The van der Waals surface area contributed by atoms with Crippen LogP contribution in [0, 0.1) is 45.3 Å². The number of fused-ring (bicyclic) bond motifs is 4. The van der Waals surface area contributed by atoms with Gasteiger partial charge in [-0.1, -0.05) is 71.8 Å². The summed E-state index contributed by atoms with van der Waals surface area (Å²) in [6.07, 6.45) is -1.91. The fourth-order valence-corrected chi connectivity index (χ4v) is 10.8. The summed E-state index contributed by atoms with van der Waals surface area (Å²) in [6, 6.07) is 0. The highest BCUT2D eigenvalue weighted by molar-refractivity contribution is 5.73. The van der Waals surface area contributed by atoms with E-state index in [0.717, 1.165) is 44.1 Å². The zero-order valence-electron chi connectivity index (χ0n) is 29.0. The lowest BCUT2D eigenvalue weighted by atomic mass is 9.43. The second-order valence-corrected chi connectivity index (χ2v) is 16.9. The van der Waals surface area contributed by atoms with Crippen molar-refractivity contribution in [3.05, 3.63) is 23.3 Å². The van der Waals surface area contributed by atoms with E-state index >= 15 is 0 Å². The molecule has 4 aliphatic carbocycles. The molecule has 1 saturated heterocycles. The predicted octanol–water partition coefficient (Wildman–Crippen LogP) is 4.02. The second-order valence-electron chi connectivity index (χ2n) is 16.9. The molecule has 1 heterocycles. The standard InChI is InChI=1S/C37H60O9/c1-19(2)20(3)9-10-21(32(44)46-33-31(43)30(42)29(41)25(18-38)45-33)24-17-28(40)37(8)23-11-12-26-34(4,5)27(39)14-15-35(26,6)22(23)13-16-36(24,37)7/h19,21,24-31,33,38-43H,3,9-18H2,1-2,4-8H3/t21-,24-,25-,26+,27+,28+,29+,30+,31-,33+,35-,36-,37-/m1/s1. The Morgan fingerprint density at radius 2 is 1.61 bits per heavy atom. The summed E-state index contributed by atoms with van der Waals surface area (Å²) in [7, 11) is 0. The first-order valence-corrected chi connectivity index (χ1v) is 17.6. The van der Waals surface area contributed by atoms with Gasteiger partial charge >= 0.3 is 5.97 Å². The number of aliphatic hydroxyl groups excluding tert-OH is 6. The summed E-state index contributed by atoms with van der Waals surface area (Å²) in [6.45, 7) is 19.0. The van der Waals surface area contributed by atoms with Gasteiger partial charge in [0.15, 0.2) is 0 Å². The number of ether oxygens (including phenoxy) is 2. The third kappa shape index (κ3) is 5.35. The van der Waals surface area contributed by atoms with Crippen LogP contribution < -0.4 is 0 Å². The zero-order chi connectivity index (χ0) is 34.1. The summed E-state index contributed by atoms with van der Waals surface area (Å²) in [5.74, 6) is -0.861. The van der Waals surface area contributed by atoms with E-state index in [4.69, 9.17) is 9.47 Å². The zero-order valence-corrected chi connectivity index (χ0v) is 29.0. The molecule has 0 unspecified atom stereocenters. The molecule has 0 spiro atoms. The van der Waals surface area contributed by atoms with Crippen LogP contribution in [0.25, 0.3) is 0 Å². The van der Waals surface area contributed by atoms with Gasteiger partial charge in [-0.15, -0.1) is 0 Å². The maximum Gasteiger partial charge on any atom is 0.311 e. The van der Waals surface area contributed by atoms with E-state index in [1.54, 1.807) is 0 Å². The molecule has 262 valence electrons. The topological polar surface area (TPSA) is 157 Å². The molecule has 46 heavy (non-hydrogen) atoms. The largest absolute Gasteiger partial charge is 0.432 e. The van der Waals surface area contributed by atoms with Crippen molar-refractivity contribution < 1.29 is 44.9 Å². The minimum Gasteiger partial charge on any atom is -0.432 e. The SMILES string of the molecule is C=C(CC[C@@H](C(=O)O[C@@H]1O[C@H](CO)[C@H](O)[C@H](O)[C@H]1O)[C@H]1C[C@H](O)[C@@]2(C)C3=C(CC[C@]12C)[C@@]1(C)CC[C@H](O)C(C)(C)[C@@H]1CC3)C(C)C. The lowest BCUT2D eigenvalue weighted by Crippen LogP contribution is -2.60.